The number of hydrogen-bond donors (Lipinski definition) is 3. The van der Waals surface area contributed by atoms with Gasteiger partial charge in [-0.15, -0.1) is 0 Å². The molecule has 0 atom stereocenters. The number of hydrogen-bond acceptors (Lipinski definition) is 4. The number of allylic oxidation sites excluding steroid dienone is 1. The lowest BCUT2D eigenvalue weighted by atomic mass is 10.1. The summed E-state index contributed by atoms with van der Waals surface area (Å²) >= 11 is 5.82. The Bertz CT molecular complexity index is 736. The summed E-state index contributed by atoms with van der Waals surface area (Å²) in [6, 6.07) is 10.6. The minimum Gasteiger partial charge on any atom is -0.384 e. The SMILES string of the molecule is C/C(=C/C(=N)c1ccc(N)nc1)C(=O)NCc1ccc(Cl)cc1. The first-order valence-corrected chi connectivity index (χ1v) is 7.35. The molecule has 5 nitrogen and oxygen atoms in total. The van der Waals surface area contributed by atoms with Gasteiger partial charge in [0.1, 0.15) is 5.82 Å². The van der Waals surface area contributed by atoms with Gasteiger partial charge in [-0.05, 0) is 42.8 Å². The zero-order chi connectivity index (χ0) is 16.8. The standard InChI is InChI=1S/C17H17ClN4O/c1-11(8-15(19)13-4-7-16(20)21-10-13)17(23)22-9-12-2-5-14(18)6-3-12/h2-8,10,19H,9H2,1H3,(H2,20,21)(H,22,23)/b11-8-,19-15?. The molecule has 0 fully saturated rings. The average molecular weight is 329 g/mol. The van der Waals surface area contributed by atoms with E-state index >= 15 is 0 Å². The summed E-state index contributed by atoms with van der Waals surface area (Å²) in [5.74, 6) is 0.163. The molecule has 0 unspecified atom stereocenters. The fourth-order valence-corrected chi connectivity index (χ4v) is 1.98. The van der Waals surface area contributed by atoms with Crippen molar-refractivity contribution in [3.05, 3.63) is 70.4 Å². The van der Waals surface area contributed by atoms with Crippen LogP contribution in [0, 0.1) is 5.41 Å². The summed E-state index contributed by atoms with van der Waals surface area (Å²) in [5.41, 5.74) is 7.71. The van der Waals surface area contributed by atoms with Crippen LogP contribution in [0.2, 0.25) is 5.02 Å². The van der Waals surface area contributed by atoms with E-state index in [1.807, 2.05) is 12.1 Å². The topological polar surface area (TPSA) is 91.9 Å². The first kappa shape index (κ1) is 16.7. The summed E-state index contributed by atoms with van der Waals surface area (Å²) in [4.78, 5) is 16.0. The molecule has 1 heterocycles. The van der Waals surface area contributed by atoms with Crippen molar-refractivity contribution in [3.63, 3.8) is 0 Å². The third kappa shape index (κ3) is 4.93. The van der Waals surface area contributed by atoms with Crippen LogP contribution in [0.3, 0.4) is 0 Å². The molecule has 2 rings (SSSR count). The van der Waals surface area contributed by atoms with E-state index in [0.717, 1.165) is 5.56 Å². The number of nitrogens with two attached hydrogens (primary N) is 1. The molecule has 2 aromatic rings. The number of nitrogens with one attached hydrogen (secondary N) is 2. The smallest absolute Gasteiger partial charge is 0.247 e. The Morgan fingerprint density at radius 3 is 2.61 bits per heavy atom. The number of anilines is 1. The van der Waals surface area contributed by atoms with Crippen molar-refractivity contribution in [2.75, 3.05) is 5.73 Å². The molecule has 1 aromatic carbocycles. The number of aromatic nitrogens is 1. The molecule has 0 aliphatic rings. The number of carbonyl (C=O) groups excluding carboxylic acids is 1. The Morgan fingerprint density at radius 1 is 1.30 bits per heavy atom. The van der Waals surface area contributed by atoms with Gasteiger partial charge in [0.05, 0.1) is 5.71 Å². The predicted octanol–water partition coefficient (Wildman–Crippen LogP) is 2.95. The molecular weight excluding hydrogens is 312 g/mol. The van der Waals surface area contributed by atoms with Crippen molar-refractivity contribution in [2.45, 2.75) is 13.5 Å². The average Bonchev–Trinajstić information content (AvgIpc) is 2.54. The second-order valence-corrected chi connectivity index (χ2v) is 5.46. The molecule has 0 saturated carbocycles. The van der Waals surface area contributed by atoms with Gasteiger partial charge in [-0.25, -0.2) is 4.98 Å². The Kier molecular flexibility index (Phi) is 5.49. The summed E-state index contributed by atoms with van der Waals surface area (Å²) in [7, 11) is 0. The van der Waals surface area contributed by atoms with Gasteiger partial charge in [-0.2, -0.15) is 0 Å². The Morgan fingerprint density at radius 2 is 2.00 bits per heavy atom. The lowest BCUT2D eigenvalue weighted by Gasteiger charge is -2.06. The Balaban J connectivity index is 1.96. The number of nitrogen functional groups attached to an aromatic ring is 1. The first-order valence-electron chi connectivity index (χ1n) is 6.97. The molecule has 0 saturated heterocycles. The van der Waals surface area contributed by atoms with Gasteiger partial charge < -0.3 is 16.5 Å². The molecule has 6 heteroatoms. The number of amides is 1. The minimum atomic E-state index is -0.229. The molecule has 0 aliphatic heterocycles. The first-order chi connectivity index (χ1) is 11.0. The van der Waals surface area contributed by atoms with Gasteiger partial charge in [-0.3, -0.25) is 4.79 Å². The second-order valence-electron chi connectivity index (χ2n) is 5.02. The monoisotopic (exact) mass is 328 g/mol. The molecule has 0 bridgehead atoms. The third-order valence-corrected chi connectivity index (χ3v) is 3.43. The lowest BCUT2D eigenvalue weighted by Crippen LogP contribution is -2.24. The van der Waals surface area contributed by atoms with Crippen molar-refractivity contribution < 1.29 is 4.79 Å². The van der Waals surface area contributed by atoms with Crippen molar-refractivity contribution in [3.8, 4) is 0 Å². The van der Waals surface area contributed by atoms with E-state index in [1.165, 1.54) is 12.3 Å². The van der Waals surface area contributed by atoms with Crippen molar-refractivity contribution in [2.24, 2.45) is 0 Å². The van der Waals surface area contributed by atoms with Crippen LogP contribution < -0.4 is 11.1 Å². The van der Waals surface area contributed by atoms with E-state index in [2.05, 4.69) is 10.3 Å². The molecule has 0 aliphatic carbocycles. The maximum Gasteiger partial charge on any atom is 0.247 e. The number of benzene rings is 1. The van der Waals surface area contributed by atoms with Crippen molar-refractivity contribution >= 4 is 29.0 Å². The number of nitrogens with zero attached hydrogens (tertiary/aromatic N) is 1. The van der Waals surface area contributed by atoms with E-state index in [9.17, 15) is 4.79 Å². The highest BCUT2D eigenvalue weighted by molar-refractivity contribution is 6.30. The minimum absolute atomic E-state index is 0.205. The van der Waals surface area contributed by atoms with Crippen LogP contribution in [0.5, 0.6) is 0 Å². The van der Waals surface area contributed by atoms with Crippen LogP contribution >= 0.6 is 11.6 Å². The molecular formula is C17H17ClN4O. The van der Waals surface area contributed by atoms with Crippen LogP contribution in [0.4, 0.5) is 5.82 Å². The number of rotatable bonds is 5. The van der Waals surface area contributed by atoms with E-state index < -0.39 is 0 Å². The maximum atomic E-state index is 12.1. The quantitative estimate of drug-likeness (QED) is 0.582. The molecule has 118 valence electrons. The second kappa shape index (κ2) is 7.56. The highest BCUT2D eigenvalue weighted by Crippen LogP contribution is 2.09. The van der Waals surface area contributed by atoms with Gasteiger partial charge in [0.15, 0.2) is 0 Å². The normalized spacial score (nSPS) is 11.1. The highest BCUT2D eigenvalue weighted by atomic mass is 35.5. The molecule has 1 amide bonds. The lowest BCUT2D eigenvalue weighted by molar-refractivity contribution is -0.117. The van der Waals surface area contributed by atoms with Crippen LogP contribution in [0.25, 0.3) is 0 Å². The summed E-state index contributed by atoms with van der Waals surface area (Å²) in [5, 5.41) is 11.4. The summed E-state index contributed by atoms with van der Waals surface area (Å²) in [6.45, 7) is 2.06. The number of halogens is 1. The molecule has 1 aromatic heterocycles. The predicted molar refractivity (Wildman–Crippen MR) is 92.5 cm³/mol. The Labute approximate surface area is 139 Å². The van der Waals surface area contributed by atoms with Gasteiger partial charge in [-0.1, -0.05) is 23.7 Å². The molecule has 0 spiro atoms. The van der Waals surface area contributed by atoms with E-state index in [1.54, 1.807) is 31.2 Å². The largest absolute Gasteiger partial charge is 0.384 e. The number of pyridine rings is 1. The van der Waals surface area contributed by atoms with Crippen LogP contribution in [0.15, 0.2) is 54.2 Å². The number of carbonyl (C=O) groups is 1. The van der Waals surface area contributed by atoms with Crippen LogP contribution in [0.1, 0.15) is 18.1 Å². The summed E-state index contributed by atoms with van der Waals surface area (Å²) in [6.07, 6.45) is 3.01. The van der Waals surface area contributed by atoms with E-state index in [4.69, 9.17) is 22.7 Å². The molecule has 23 heavy (non-hydrogen) atoms. The van der Waals surface area contributed by atoms with Crippen molar-refractivity contribution in [1.29, 1.82) is 5.41 Å². The zero-order valence-corrected chi connectivity index (χ0v) is 13.4. The van der Waals surface area contributed by atoms with E-state index in [-0.39, 0.29) is 11.6 Å². The van der Waals surface area contributed by atoms with Gasteiger partial charge in [0, 0.05) is 28.9 Å². The van der Waals surface area contributed by atoms with Gasteiger partial charge in [0.25, 0.3) is 0 Å². The fourth-order valence-electron chi connectivity index (χ4n) is 1.85. The van der Waals surface area contributed by atoms with E-state index in [0.29, 0.717) is 28.5 Å². The zero-order valence-electron chi connectivity index (χ0n) is 12.6. The highest BCUT2D eigenvalue weighted by Gasteiger charge is 2.06. The summed E-state index contributed by atoms with van der Waals surface area (Å²) < 4.78 is 0. The van der Waals surface area contributed by atoms with Crippen molar-refractivity contribution in [1.82, 2.24) is 10.3 Å². The fraction of sp³-hybridized carbons (Fsp3) is 0.118. The third-order valence-electron chi connectivity index (χ3n) is 3.18. The van der Waals surface area contributed by atoms with Crippen LogP contribution in [-0.2, 0) is 11.3 Å². The van der Waals surface area contributed by atoms with Gasteiger partial charge >= 0.3 is 0 Å². The van der Waals surface area contributed by atoms with Gasteiger partial charge in [0.2, 0.25) is 5.91 Å². The maximum absolute atomic E-state index is 12.1. The van der Waals surface area contributed by atoms with Crippen LogP contribution in [-0.4, -0.2) is 16.6 Å². The molecule has 4 N–H and O–H groups in total. The Hall–Kier alpha value is -2.66. The molecule has 0 radical (unpaired) electrons.